The third kappa shape index (κ3) is 3.60. The van der Waals surface area contributed by atoms with Gasteiger partial charge in [0.2, 0.25) is 0 Å². The molecule has 5 heteroatoms. The van der Waals surface area contributed by atoms with Crippen LogP contribution in [0.15, 0.2) is 12.1 Å². The number of benzene rings is 1. The van der Waals surface area contributed by atoms with E-state index in [1.54, 1.807) is 0 Å². The highest BCUT2D eigenvalue weighted by molar-refractivity contribution is 6.45. The van der Waals surface area contributed by atoms with Gasteiger partial charge >= 0.3 is 5.97 Å². The molecule has 0 radical (unpaired) electrons. The SMILES string of the molecule is CC1CC(C(C)COC(=O)c2cc(Cl)cc(Cl)c2Cl)C1. The molecule has 110 valence electrons. The third-order valence-corrected chi connectivity index (χ3v) is 4.93. The zero-order chi connectivity index (χ0) is 14.9. The van der Waals surface area contributed by atoms with Crippen LogP contribution in [0, 0.1) is 17.8 Å². The summed E-state index contributed by atoms with van der Waals surface area (Å²) >= 11 is 17.8. The van der Waals surface area contributed by atoms with Gasteiger partial charge in [-0.3, -0.25) is 0 Å². The summed E-state index contributed by atoms with van der Waals surface area (Å²) < 4.78 is 5.33. The van der Waals surface area contributed by atoms with Crippen molar-refractivity contribution in [2.45, 2.75) is 26.7 Å². The lowest BCUT2D eigenvalue weighted by Gasteiger charge is -2.36. The summed E-state index contributed by atoms with van der Waals surface area (Å²) in [7, 11) is 0. The molecule has 1 saturated carbocycles. The second-order valence-corrected chi connectivity index (χ2v) is 6.88. The van der Waals surface area contributed by atoms with E-state index >= 15 is 0 Å². The molecule has 2 nitrogen and oxygen atoms in total. The Morgan fingerprint density at radius 3 is 2.60 bits per heavy atom. The molecule has 1 unspecified atom stereocenters. The topological polar surface area (TPSA) is 26.3 Å². The monoisotopic (exact) mass is 334 g/mol. The Labute approximate surface area is 134 Å². The van der Waals surface area contributed by atoms with E-state index in [0.717, 1.165) is 5.92 Å². The van der Waals surface area contributed by atoms with Gasteiger partial charge in [0.05, 0.1) is 22.2 Å². The second-order valence-electron chi connectivity index (χ2n) is 5.66. The molecule has 20 heavy (non-hydrogen) atoms. The molecule has 0 amide bonds. The van der Waals surface area contributed by atoms with Crippen LogP contribution in [0.25, 0.3) is 0 Å². The van der Waals surface area contributed by atoms with Gasteiger partial charge in [-0.2, -0.15) is 0 Å². The predicted octanol–water partition coefficient (Wildman–Crippen LogP) is 5.49. The molecule has 0 aromatic heterocycles. The fourth-order valence-corrected chi connectivity index (χ4v) is 3.23. The van der Waals surface area contributed by atoms with Crippen LogP contribution >= 0.6 is 34.8 Å². The summed E-state index contributed by atoms with van der Waals surface area (Å²) in [5.74, 6) is 1.33. The maximum Gasteiger partial charge on any atom is 0.339 e. The Hall–Kier alpha value is -0.440. The van der Waals surface area contributed by atoms with Crippen LogP contribution in [0.3, 0.4) is 0 Å². The van der Waals surface area contributed by atoms with E-state index in [9.17, 15) is 4.79 Å². The Kier molecular flexibility index (Phi) is 5.22. The fraction of sp³-hybridized carbons (Fsp3) is 0.533. The molecule has 0 saturated heterocycles. The Morgan fingerprint density at radius 1 is 1.35 bits per heavy atom. The van der Waals surface area contributed by atoms with Crippen LogP contribution < -0.4 is 0 Å². The number of halogens is 3. The van der Waals surface area contributed by atoms with Crippen molar-refractivity contribution in [1.29, 1.82) is 0 Å². The summed E-state index contributed by atoms with van der Waals surface area (Å²) in [4.78, 5) is 12.0. The molecule has 1 atom stereocenters. The van der Waals surface area contributed by atoms with Gasteiger partial charge in [-0.25, -0.2) is 4.79 Å². The normalized spacial score (nSPS) is 23.1. The number of carbonyl (C=O) groups is 1. The molecule has 2 rings (SSSR count). The van der Waals surface area contributed by atoms with Crippen LogP contribution in [0.2, 0.25) is 15.1 Å². The van der Waals surface area contributed by atoms with Gasteiger partial charge in [-0.1, -0.05) is 48.7 Å². The Morgan fingerprint density at radius 2 is 2.00 bits per heavy atom. The van der Waals surface area contributed by atoms with Crippen molar-refractivity contribution < 1.29 is 9.53 Å². The first-order valence-electron chi connectivity index (χ1n) is 6.70. The van der Waals surface area contributed by atoms with Crippen molar-refractivity contribution in [3.63, 3.8) is 0 Å². The van der Waals surface area contributed by atoms with Crippen LogP contribution in [0.4, 0.5) is 0 Å². The Balaban J connectivity index is 1.95. The zero-order valence-electron chi connectivity index (χ0n) is 11.5. The maximum atomic E-state index is 12.0. The van der Waals surface area contributed by atoms with Crippen molar-refractivity contribution in [1.82, 2.24) is 0 Å². The number of rotatable bonds is 4. The number of hydrogen-bond acceptors (Lipinski definition) is 2. The molecule has 1 fully saturated rings. The highest BCUT2D eigenvalue weighted by atomic mass is 35.5. The molecular formula is C15H17Cl3O2. The smallest absolute Gasteiger partial charge is 0.339 e. The van der Waals surface area contributed by atoms with Crippen LogP contribution in [0.5, 0.6) is 0 Å². The highest BCUT2D eigenvalue weighted by Crippen LogP contribution is 2.38. The third-order valence-electron chi connectivity index (χ3n) is 3.91. The minimum absolute atomic E-state index is 0.186. The quantitative estimate of drug-likeness (QED) is 0.537. The molecule has 0 bridgehead atoms. The van der Waals surface area contributed by atoms with Gasteiger partial charge in [0.15, 0.2) is 0 Å². The van der Waals surface area contributed by atoms with E-state index in [0.29, 0.717) is 23.5 Å². The standard InChI is InChI=1S/C15H17Cl3O2/c1-8-3-10(4-8)9(2)7-20-15(19)12-5-11(16)6-13(17)14(12)18/h5-6,8-10H,3-4,7H2,1-2H3. The van der Waals surface area contributed by atoms with Crippen LogP contribution in [-0.4, -0.2) is 12.6 Å². The molecule has 0 spiro atoms. The molecule has 0 N–H and O–H groups in total. The first kappa shape index (κ1) is 15.9. The molecule has 1 aromatic carbocycles. The first-order chi connectivity index (χ1) is 9.38. The van der Waals surface area contributed by atoms with E-state index < -0.39 is 5.97 Å². The van der Waals surface area contributed by atoms with Crippen molar-refractivity contribution in [3.8, 4) is 0 Å². The largest absolute Gasteiger partial charge is 0.462 e. The van der Waals surface area contributed by atoms with Gasteiger partial charge in [-0.05, 0) is 42.7 Å². The van der Waals surface area contributed by atoms with Crippen molar-refractivity contribution in [2.24, 2.45) is 17.8 Å². The molecule has 1 aliphatic carbocycles. The fourth-order valence-electron chi connectivity index (χ4n) is 2.55. The lowest BCUT2D eigenvalue weighted by Crippen LogP contribution is -2.30. The minimum Gasteiger partial charge on any atom is -0.462 e. The van der Waals surface area contributed by atoms with Crippen molar-refractivity contribution in [2.75, 3.05) is 6.61 Å². The lowest BCUT2D eigenvalue weighted by molar-refractivity contribution is 0.0304. The van der Waals surface area contributed by atoms with Gasteiger partial charge in [0.25, 0.3) is 0 Å². The minimum atomic E-state index is -0.473. The number of carbonyl (C=O) groups excluding carboxylic acids is 1. The summed E-state index contributed by atoms with van der Waals surface area (Å²) in [6.45, 7) is 4.75. The molecule has 0 heterocycles. The van der Waals surface area contributed by atoms with E-state index in [1.807, 2.05) is 0 Å². The summed E-state index contributed by atoms with van der Waals surface area (Å²) in [6, 6.07) is 2.98. The van der Waals surface area contributed by atoms with E-state index in [4.69, 9.17) is 39.5 Å². The molecule has 1 aromatic rings. The number of esters is 1. The predicted molar refractivity (Wildman–Crippen MR) is 82.8 cm³/mol. The number of ether oxygens (including phenoxy) is 1. The van der Waals surface area contributed by atoms with Gasteiger partial charge in [-0.15, -0.1) is 0 Å². The molecule has 0 aliphatic heterocycles. The average molecular weight is 336 g/mol. The molecule has 1 aliphatic rings. The number of hydrogen-bond donors (Lipinski definition) is 0. The van der Waals surface area contributed by atoms with Crippen molar-refractivity contribution >= 4 is 40.8 Å². The lowest BCUT2D eigenvalue weighted by atomic mass is 9.70. The van der Waals surface area contributed by atoms with Crippen LogP contribution in [-0.2, 0) is 4.74 Å². The maximum absolute atomic E-state index is 12.0. The van der Waals surface area contributed by atoms with Gasteiger partial charge < -0.3 is 4.74 Å². The summed E-state index contributed by atoms with van der Waals surface area (Å²) in [6.07, 6.45) is 2.42. The van der Waals surface area contributed by atoms with E-state index in [2.05, 4.69) is 13.8 Å². The van der Waals surface area contributed by atoms with Gasteiger partial charge in [0, 0.05) is 5.02 Å². The Bertz CT molecular complexity index is 510. The molecular weight excluding hydrogens is 319 g/mol. The summed E-state index contributed by atoms with van der Waals surface area (Å²) in [5.41, 5.74) is 0.221. The van der Waals surface area contributed by atoms with E-state index in [1.165, 1.54) is 25.0 Å². The summed E-state index contributed by atoms with van der Waals surface area (Å²) in [5, 5.41) is 0.810. The highest BCUT2D eigenvalue weighted by Gasteiger charge is 2.30. The van der Waals surface area contributed by atoms with E-state index in [-0.39, 0.29) is 15.6 Å². The second kappa shape index (κ2) is 6.55. The van der Waals surface area contributed by atoms with Gasteiger partial charge in [0.1, 0.15) is 0 Å². The first-order valence-corrected chi connectivity index (χ1v) is 7.83. The van der Waals surface area contributed by atoms with Crippen molar-refractivity contribution in [3.05, 3.63) is 32.8 Å². The average Bonchev–Trinajstić information content (AvgIpc) is 2.36. The zero-order valence-corrected chi connectivity index (χ0v) is 13.7. The van der Waals surface area contributed by atoms with Crippen LogP contribution in [0.1, 0.15) is 37.0 Å².